The van der Waals surface area contributed by atoms with Gasteiger partial charge in [0.25, 0.3) is 0 Å². The number of Topliss-reactive ketones (excluding diaryl/α,β-unsaturated/α-hetero) is 1. The average molecular weight is 518 g/mol. The molecule has 6 rings (SSSR count). The van der Waals surface area contributed by atoms with Crippen LogP contribution in [0.1, 0.15) is 29.6 Å². The number of ketones is 1. The third kappa shape index (κ3) is 4.82. The van der Waals surface area contributed by atoms with Crippen molar-refractivity contribution in [1.82, 2.24) is 15.3 Å². The molecular weight excluding hydrogens is 493 g/mol. The maximum absolute atomic E-state index is 14.2. The van der Waals surface area contributed by atoms with Crippen LogP contribution in [0.15, 0.2) is 54.9 Å². The number of hydrogen-bond acceptors (Lipinski definition) is 7. The SMILES string of the molecule is O=C(c1cnc2ccc(-c3cc(F)c(O)c(Cl)c3)cc2c1Nc1ccc(NC2CCNC2)nc1)C1CC1. The standard InChI is InChI=1S/C28H25ClFN5O2/c29-22-10-17(11-23(30)28(22)37)16-3-5-24-20(9-16)26(21(14-32-24)27(36)15-1-2-15)35-18-4-6-25(33-13-18)34-19-7-8-31-12-19/h3-6,9-11,13-15,19,31,37H,1-2,7-8,12H2,(H,32,35)(H,33,34). The number of hydrogen-bond donors (Lipinski definition) is 4. The second-order valence-electron chi connectivity index (χ2n) is 9.60. The third-order valence-corrected chi connectivity index (χ3v) is 7.17. The molecule has 1 aliphatic carbocycles. The van der Waals surface area contributed by atoms with Gasteiger partial charge in [0.15, 0.2) is 17.3 Å². The van der Waals surface area contributed by atoms with Crippen molar-refractivity contribution >= 4 is 45.5 Å². The van der Waals surface area contributed by atoms with Gasteiger partial charge in [-0.2, -0.15) is 0 Å². The molecule has 2 aromatic carbocycles. The van der Waals surface area contributed by atoms with Crippen LogP contribution in [0.4, 0.5) is 21.6 Å². The fourth-order valence-electron chi connectivity index (χ4n) is 4.68. The Morgan fingerprint density at radius 2 is 1.92 bits per heavy atom. The van der Waals surface area contributed by atoms with Gasteiger partial charge in [0.1, 0.15) is 5.82 Å². The van der Waals surface area contributed by atoms with Crippen molar-refractivity contribution in [2.45, 2.75) is 25.3 Å². The summed E-state index contributed by atoms with van der Waals surface area (Å²) in [5.74, 6) is -0.521. The number of phenols is 1. The topological polar surface area (TPSA) is 99.2 Å². The Morgan fingerprint density at radius 3 is 2.62 bits per heavy atom. The zero-order valence-electron chi connectivity index (χ0n) is 19.9. The van der Waals surface area contributed by atoms with E-state index in [-0.39, 0.29) is 16.7 Å². The van der Waals surface area contributed by atoms with Gasteiger partial charge < -0.3 is 21.1 Å². The number of pyridine rings is 2. The van der Waals surface area contributed by atoms with Gasteiger partial charge in [0.05, 0.1) is 33.7 Å². The molecule has 37 heavy (non-hydrogen) atoms. The molecule has 1 atom stereocenters. The van der Waals surface area contributed by atoms with E-state index in [2.05, 4.69) is 25.9 Å². The number of aromatic hydroxyl groups is 1. The van der Waals surface area contributed by atoms with Crippen molar-refractivity contribution in [3.63, 3.8) is 0 Å². The summed E-state index contributed by atoms with van der Waals surface area (Å²) < 4.78 is 14.2. The fraction of sp³-hybridized carbons (Fsp3) is 0.250. The number of halogens is 2. The molecule has 1 unspecified atom stereocenters. The summed E-state index contributed by atoms with van der Waals surface area (Å²) in [6, 6.07) is 12.4. The van der Waals surface area contributed by atoms with Crippen molar-refractivity contribution in [1.29, 1.82) is 0 Å². The lowest BCUT2D eigenvalue weighted by Gasteiger charge is -2.16. The van der Waals surface area contributed by atoms with Crippen LogP contribution in [0.3, 0.4) is 0 Å². The quantitative estimate of drug-likeness (QED) is 0.226. The highest BCUT2D eigenvalue weighted by Crippen LogP contribution is 2.39. The lowest BCUT2D eigenvalue weighted by atomic mass is 9.98. The van der Waals surface area contributed by atoms with Crippen LogP contribution in [0.5, 0.6) is 5.75 Å². The number of rotatable bonds is 7. The first-order valence-electron chi connectivity index (χ1n) is 12.3. The maximum atomic E-state index is 14.2. The highest BCUT2D eigenvalue weighted by molar-refractivity contribution is 6.32. The number of anilines is 3. The van der Waals surface area contributed by atoms with Gasteiger partial charge in [0.2, 0.25) is 0 Å². The molecule has 0 amide bonds. The van der Waals surface area contributed by atoms with Crippen molar-refractivity contribution in [2.75, 3.05) is 23.7 Å². The van der Waals surface area contributed by atoms with Crippen LogP contribution in [0, 0.1) is 11.7 Å². The third-order valence-electron chi connectivity index (χ3n) is 6.88. The molecule has 2 aromatic heterocycles. The first-order chi connectivity index (χ1) is 18.0. The number of nitrogens with zero attached hydrogens (tertiary/aromatic N) is 2. The van der Waals surface area contributed by atoms with E-state index in [1.165, 1.54) is 12.1 Å². The highest BCUT2D eigenvalue weighted by atomic mass is 35.5. The summed E-state index contributed by atoms with van der Waals surface area (Å²) in [6.45, 7) is 1.91. The summed E-state index contributed by atoms with van der Waals surface area (Å²) in [5.41, 5.74) is 3.75. The van der Waals surface area contributed by atoms with E-state index in [9.17, 15) is 14.3 Å². The minimum absolute atomic E-state index is 0.0118. The molecule has 0 bridgehead atoms. The van der Waals surface area contributed by atoms with Crippen LogP contribution in [-0.2, 0) is 0 Å². The van der Waals surface area contributed by atoms with Crippen molar-refractivity contribution in [3.8, 4) is 16.9 Å². The normalized spacial score (nSPS) is 17.2. The van der Waals surface area contributed by atoms with E-state index < -0.39 is 11.6 Å². The van der Waals surface area contributed by atoms with Gasteiger partial charge in [-0.05, 0) is 73.3 Å². The summed E-state index contributed by atoms with van der Waals surface area (Å²) in [6.07, 6.45) is 6.16. The van der Waals surface area contributed by atoms with Crippen LogP contribution in [0.2, 0.25) is 5.02 Å². The van der Waals surface area contributed by atoms with Gasteiger partial charge in [-0.1, -0.05) is 17.7 Å². The average Bonchev–Trinajstić information content (AvgIpc) is 3.64. The zero-order chi connectivity index (χ0) is 25.5. The van der Waals surface area contributed by atoms with Gasteiger partial charge in [-0.3, -0.25) is 9.78 Å². The Balaban J connectivity index is 1.40. The van der Waals surface area contributed by atoms with Crippen molar-refractivity contribution in [2.24, 2.45) is 5.92 Å². The highest BCUT2D eigenvalue weighted by Gasteiger charge is 2.32. The van der Waals surface area contributed by atoms with E-state index in [1.807, 2.05) is 30.3 Å². The summed E-state index contributed by atoms with van der Waals surface area (Å²) in [4.78, 5) is 22.3. The number of nitrogens with one attached hydrogen (secondary N) is 3. The van der Waals surface area contributed by atoms with Crippen LogP contribution >= 0.6 is 11.6 Å². The minimum Gasteiger partial charge on any atom is -0.504 e. The lowest BCUT2D eigenvalue weighted by Crippen LogP contribution is -2.22. The molecule has 9 heteroatoms. The van der Waals surface area contributed by atoms with E-state index >= 15 is 0 Å². The molecule has 0 radical (unpaired) electrons. The Bertz CT molecular complexity index is 1480. The molecule has 1 aliphatic heterocycles. The molecule has 2 fully saturated rings. The first-order valence-corrected chi connectivity index (χ1v) is 12.7. The van der Waals surface area contributed by atoms with E-state index in [0.29, 0.717) is 39.3 Å². The Morgan fingerprint density at radius 1 is 1.05 bits per heavy atom. The smallest absolute Gasteiger partial charge is 0.170 e. The maximum Gasteiger partial charge on any atom is 0.170 e. The molecule has 1 saturated carbocycles. The number of fused-ring (bicyclic) bond motifs is 1. The van der Waals surface area contributed by atoms with Gasteiger partial charge in [-0.25, -0.2) is 9.37 Å². The summed E-state index contributed by atoms with van der Waals surface area (Å²) >= 11 is 6.03. The van der Waals surface area contributed by atoms with Gasteiger partial charge >= 0.3 is 0 Å². The molecule has 0 spiro atoms. The van der Waals surface area contributed by atoms with Crippen LogP contribution < -0.4 is 16.0 Å². The van der Waals surface area contributed by atoms with Crippen LogP contribution in [0.25, 0.3) is 22.0 Å². The Kier molecular flexibility index (Phi) is 6.14. The largest absolute Gasteiger partial charge is 0.504 e. The molecule has 3 heterocycles. The molecule has 2 aliphatic rings. The van der Waals surface area contributed by atoms with Gasteiger partial charge in [-0.15, -0.1) is 0 Å². The molecule has 4 aromatic rings. The second-order valence-corrected chi connectivity index (χ2v) is 10.0. The zero-order valence-corrected chi connectivity index (χ0v) is 20.6. The first kappa shape index (κ1) is 23.6. The second kappa shape index (κ2) is 9.61. The lowest BCUT2D eigenvalue weighted by molar-refractivity contribution is 0.0968. The predicted octanol–water partition coefficient (Wildman–Crippen LogP) is 5.91. The van der Waals surface area contributed by atoms with E-state index in [4.69, 9.17) is 11.6 Å². The minimum atomic E-state index is -0.801. The monoisotopic (exact) mass is 517 g/mol. The number of carbonyl (C=O) groups excluding carboxylic acids is 1. The van der Waals surface area contributed by atoms with Crippen molar-refractivity contribution < 1.29 is 14.3 Å². The number of carbonyl (C=O) groups is 1. The Labute approximate surface area is 218 Å². The van der Waals surface area contributed by atoms with E-state index in [1.54, 1.807) is 12.4 Å². The number of aromatic nitrogens is 2. The fourth-order valence-corrected chi connectivity index (χ4v) is 4.88. The molecular formula is C28H25ClFN5O2. The van der Waals surface area contributed by atoms with Gasteiger partial charge in [0, 0.05) is 30.1 Å². The molecule has 188 valence electrons. The number of benzene rings is 2. The Hall–Kier alpha value is -3.75. The predicted molar refractivity (Wildman–Crippen MR) is 143 cm³/mol. The number of phenolic OH excluding ortho intramolecular Hbond substituents is 1. The molecule has 4 N–H and O–H groups in total. The summed E-state index contributed by atoms with van der Waals surface area (Å²) in [7, 11) is 0. The van der Waals surface area contributed by atoms with Crippen LogP contribution in [-0.4, -0.2) is 40.0 Å². The van der Waals surface area contributed by atoms with E-state index in [0.717, 1.165) is 43.9 Å². The molecule has 7 nitrogen and oxygen atoms in total. The summed E-state index contributed by atoms with van der Waals surface area (Å²) in [5, 5.41) is 20.5. The molecule has 1 saturated heterocycles. The van der Waals surface area contributed by atoms with Crippen molar-refractivity contribution in [3.05, 3.63) is 71.3 Å².